The summed E-state index contributed by atoms with van der Waals surface area (Å²) in [5.74, 6) is 3.23. The van der Waals surface area contributed by atoms with Gasteiger partial charge in [0.15, 0.2) is 0 Å². The number of carbonyl (C=O) groups is 5. The number of hydrogen-bond acceptors (Lipinski definition) is 9. The smallest absolute Gasteiger partial charge is 0.322 e. The van der Waals surface area contributed by atoms with Gasteiger partial charge in [-0.2, -0.15) is 0 Å². The van der Waals surface area contributed by atoms with Gasteiger partial charge in [-0.3, -0.25) is 24.0 Å². The Morgan fingerprint density at radius 3 is 2.31 bits per heavy atom. The first-order valence-corrected chi connectivity index (χ1v) is 19.6. The monoisotopic (exact) mass is 756 g/mol. The second-order valence-corrected chi connectivity index (χ2v) is 15.9. The van der Waals surface area contributed by atoms with Crippen LogP contribution in [0.5, 0.6) is 11.5 Å². The first-order chi connectivity index (χ1) is 25.7. The average Bonchev–Trinajstić information content (AvgIpc) is 3.48. The van der Waals surface area contributed by atoms with E-state index in [0.717, 1.165) is 42.9 Å². The van der Waals surface area contributed by atoms with Gasteiger partial charge in [0.1, 0.15) is 30.9 Å². The van der Waals surface area contributed by atoms with Crippen molar-refractivity contribution in [2.75, 3.05) is 33.9 Å². The molecule has 0 aliphatic heterocycles. The van der Waals surface area contributed by atoms with E-state index in [9.17, 15) is 19.2 Å². The van der Waals surface area contributed by atoms with Gasteiger partial charge in [0.2, 0.25) is 5.91 Å². The van der Waals surface area contributed by atoms with Crippen LogP contribution in [0.1, 0.15) is 116 Å². The largest absolute Gasteiger partial charge is 0.497 e. The number of esters is 1. The molecule has 12 nitrogen and oxygen atoms in total. The highest BCUT2D eigenvalue weighted by Crippen LogP contribution is 2.67. The van der Waals surface area contributed by atoms with Crippen molar-refractivity contribution < 1.29 is 48.4 Å². The molecule has 0 aromatic heterocycles. The van der Waals surface area contributed by atoms with Gasteiger partial charge >= 0.3 is 11.9 Å². The second kappa shape index (κ2) is 21.2. The molecule has 1 aromatic rings. The fourth-order valence-corrected chi connectivity index (χ4v) is 10.4. The van der Waals surface area contributed by atoms with E-state index in [1.54, 1.807) is 18.2 Å². The van der Waals surface area contributed by atoms with Gasteiger partial charge in [-0.05, 0) is 128 Å². The molecule has 4 saturated carbocycles. The van der Waals surface area contributed by atoms with Crippen molar-refractivity contribution in [2.24, 2.45) is 46.2 Å². The zero-order valence-corrected chi connectivity index (χ0v) is 33.0. The van der Waals surface area contributed by atoms with E-state index < -0.39 is 24.4 Å². The molecule has 54 heavy (non-hydrogen) atoms. The maximum Gasteiger partial charge on any atom is 0.322 e. The van der Waals surface area contributed by atoms with E-state index in [2.05, 4.69) is 19.2 Å². The molecule has 0 radical (unpaired) electrons. The van der Waals surface area contributed by atoms with Crippen molar-refractivity contribution in [3.8, 4) is 11.5 Å². The maximum atomic E-state index is 11.8. The van der Waals surface area contributed by atoms with Crippen LogP contribution in [0.2, 0.25) is 0 Å². The van der Waals surface area contributed by atoms with Crippen molar-refractivity contribution in [1.29, 1.82) is 0 Å². The highest BCUT2D eigenvalue weighted by atomic mass is 16.5. The number of aliphatic carboxylic acids is 2. The number of carboxylic acids is 2. The maximum absolute atomic E-state index is 11.8. The number of hydrogen-bond donors (Lipinski definition) is 4. The van der Waals surface area contributed by atoms with E-state index in [0.29, 0.717) is 59.3 Å². The fourth-order valence-electron chi connectivity index (χ4n) is 10.4. The number of rotatable bonds is 14. The highest BCUT2D eigenvalue weighted by Gasteiger charge is 2.59. The predicted molar refractivity (Wildman–Crippen MR) is 206 cm³/mol. The third-order valence-corrected chi connectivity index (χ3v) is 12.9. The Kier molecular flexibility index (Phi) is 17.5. The van der Waals surface area contributed by atoms with Crippen LogP contribution in [0.4, 0.5) is 0 Å². The highest BCUT2D eigenvalue weighted by molar-refractivity contribution is 5.95. The van der Waals surface area contributed by atoms with Gasteiger partial charge in [0.25, 0.3) is 5.97 Å². The Balaban J connectivity index is 0.000000272. The molecule has 1 amide bonds. The van der Waals surface area contributed by atoms with Crippen LogP contribution in [0.15, 0.2) is 24.3 Å². The molecule has 4 fully saturated rings. The number of carbonyl (C=O) groups excluding carboxylic acids is 3. The summed E-state index contributed by atoms with van der Waals surface area (Å²) < 4.78 is 15.5. The Bertz CT molecular complexity index is 1460. The average molecular weight is 757 g/mol. The molecule has 7 unspecified atom stereocenters. The van der Waals surface area contributed by atoms with Crippen molar-refractivity contribution in [2.45, 2.75) is 111 Å². The zero-order valence-electron chi connectivity index (χ0n) is 33.0. The van der Waals surface area contributed by atoms with Crippen molar-refractivity contribution in [1.82, 2.24) is 5.32 Å². The molecule has 5 rings (SSSR count). The molecule has 4 aliphatic rings. The minimum absolute atomic E-state index is 0.0580. The summed E-state index contributed by atoms with van der Waals surface area (Å²) in [5.41, 5.74) is 7.57. The Morgan fingerprint density at radius 2 is 1.67 bits per heavy atom. The molecule has 4 aliphatic carbocycles. The molecule has 0 bridgehead atoms. The minimum Gasteiger partial charge on any atom is -0.497 e. The van der Waals surface area contributed by atoms with Gasteiger partial charge in [0.05, 0.1) is 20.6 Å². The van der Waals surface area contributed by atoms with Crippen LogP contribution in [0.3, 0.4) is 0 Å². The number of ether oxygens (including phenoxy) is 3. The van der Waals surface area contributed by atoms with E-state index in [1.807, 2.05) is 0 Å². The minimum atomic E-state index is -1.14. The molecule has 12 heteroatoms. The predicted octanol–water partition coefficient (Wildman–Crippen LogP) is 6.68. The van der Waals surface area contributed by atoms with E-state index >= 15 is 0 Å². The number of nitrogens with two attached hydrogens (primary N) is 1. The number of amides is 1. The summed E-state index contributed by atoms with van der Waals surface area (Å²) in [4.78, 5) is 53.8. The molecular weight excluding hydrogens is 692 g/mol. The summed E-state index contributed by atoms with van der Waals surface area (Å²) >= 11 is 0. The van der Waals surface area contributed by atoms with E-state index in [4.69, 9.17) is 35.0 Å². The Hall–Kier alpha value is -3.93. The van der Waals surface area contributed by atoms with Crippen LogP contribution < -0.4 is 20.5 Å². The SMILES string of the molecule is CC(=O)O.CC12CCCCC1CCC1C2CCC2(C)C(CCCC(=O)OCCN)CCC12.COc1ccc(/C(=C\C=O)CC(=O)NCC(=O)O)c(OC)c1. The number of methoxy groups -OCH3 is 2. The van der Waals surface area contributed by atoms with Crippen molar-refractivity contribution in [3.05, 3.63) is 29.8 Å². The lowest BCUT2D eigenvalue weighted by Crippen LogP contribution is -2.52. The third-order valence-electron chi connectivity index (χ3n) is 12.9. The van der Waals surface area contributed by atoms with Gasteiger partial charge in [-0.25, -0.2) is 0 Å². The molecule has 0 saturated heterocycles. The van der Waals surface area contributed by atoms with Crippen LogP contribution in [-0.4, -0.2) is 74.2 Å². The van der Waals surface area contributed by atoms with Crippen LogP contribution in [-0.2, 0) is 28.7 Å². The van der Waals surface area contributed by atoms with Crippen molar-refractivity contribution in [3.63, 3.8) is 0 Å². The topological polar surface area (TPSA) is 192 Å². The van der Waals surface area contributed by atoms with Gasteiger partial charge in [0, 0.05) is 31.5 Å². The molecular formula is C42H64N2O10. The number of nitrogens with one attached hydrogen (secondary N) is 1. The summed E-state index contributed by atoms with van der Waals surface area (Å²) in [6, 6.07) is 4.96. The van der Waals surface area contributed by atoms with Gasteiger partial charge in [-0.15, -0.1) is 0 Å². The summed E-state index contributed by atoms with van der Waals surface area (Å²) in [7, 11) is 2.97. The number of allylic oxidation sites excluding steroid dienone is 1. The van der Waals surface area contributed by atoms with Crippen LogP contribution in [0.25, 0.3) is 5.57 Å². The lowest BCUT2D eigenvalue weighted by molar-refractivity contribution is -0.143. The Morgan fingerprint density at radius 1 is 0.944 bits per heavy atom. The van der Waals surface area contributed by atoms with E-state index in [-0.39, 0.29) is 12.4 Å². The normalized spacial score (nSPS) is 28.2. The summed E-state index contributed by atoms with van der Waals surface area (Å²) in [6.45, 7) is 6.69. The molecule has 5 N–H and O–H groups in total. The molecule has 7 atom stereocenters. The number of carboxylic acid groups (broad SMARTS) is 2. The summed E-state index contributed by atoms with van der Waals surface area (Å²) in [5, 5.41) is 18.2. The first kappa shape index (κ1) is 44.5. The molecule has 0 heterocycles. The molecule has 1 aromatic carbocycles. The van der Waals surface area contributed by atoms with Gasteiger partial charge < -0.3 is 35.5 Å². The number of aldehydes is 1. The number of fused-ring (bicyclic) bond motifs is 5. The quantitative estimate of drug-likeness (QED) is 0.0900. The molecule has 302 valence electrons. The number of benzene rings is 1. The van der Waals surface area contributed by atoms with Crippen LogP contribution >= 0.6 is 0 Å². The van der Waals surface area contributed by atoms with Crippen LogP contribution in [0, 0.1) is 40.4 Å². The van der Waals surface area contributed by atoms with Gasteiger partial charge in [-0.1, -0.05) is 26.7 Å². The standard InChI is InChI=1S/C25H43NO2.C15H17NO6.C2H4O2/c1-24-14-4-3-6-18(24)9-11-20-21-12-10-19(25(21,2)15-13-22(20)24)7-5-8-23(27)28-17-16-26;1-21-11-3-4-12(13(8-11)22-2)10(5-6-17)7-14(18)16-9-15(19)20;1-2(3)4/h18-22H,3-17,26H2,1-2H3;3-6,8H,7,9H2,1-2H3,(H,16,18)(H,19,20);1H3,(H,3,4)/b;10-5-;. The second-order valence-electron chi connectivity index (χ2n) is 15.9. The molecule has 0 spiro atoms. The van der Waals surface area contributed by atoms with Crippen molar-refractivity contribution >= 4 is 35.7 Å². The lowest BCUT2D eigenvalue weighted by Gasteiger charge is -2.60. The third kappa shape index (κ3) is 11.8. The fraction of sp³-hybridized carbons (Fsp3) is 0.690. The lowest BCUT2D eigenvalue weighted by atomic mass is 9.45. The first-order valence-electron chi connectivity index (χ1n) is 19.6. The Labute approximate surface area is 320 Å². The summed E-state index contributed by atoms with van der Waals surface area (Å²) in [6.07, 6.45) is 19.1. The zero-order chi connectivity index (χ0) is 39.9. The van der Waals surface area contributed by atoms with E-state index in [1.165, 1.54) is 90.9 Å².